The van der Waals surface area contributed by atoms with Crippen LogP contribution >= 0.6 is 0 Å². The van der Waals surface area contributed by atoms with Gasteiger partial charge < -0.3 is 26.0 Å². The summed E-state index contributed by atoms with van der Waals surface area (Å²) in [6.45, 7) is 1.68. The van der Waals surface area contributed by atoms with Gasteiger partial charge in [0.05, 0.1) is 0 Å². The molecule has 1 heterocycles. The molecule has 8 nitrogen and oxygen atoms in total. The summed E-state index contributed by atoms with van der Waals surface area (Å²) in [7, 11) is 1.79. The lowest BCUT2D eigenvalue weighted by Gasteiger charge is -2.18. The van der Waals surface area contributed by atoms with Crippen LogP contribution in [0.25, 0.3) is 0 Å². The van der Waals surface area contributed by atoms with Crippen molar-refractivity contribution in [1.82, 2.24) is 9.88 Å². The van der Waals surface area contributed by atoms with Crippen molar-refractivity contribution >= 4 is 35.8 Å². The molecule has 26 heavy (non-hydrogen) atoms. The van der Waals surface area contributed by atoms with Crippen LogP contribution in [0.1, 0.15) is 16.7 Å². The fourth-order valence-corrected chi connectivity index (χ4v) is 2.52. The van der Waals surface area contributed by atoms with Gasteiger partial charge in [-0.05, 0) is 42.3 Å². The molecule has 0 unspecified atom stereocenters. The molecule has 0 bridgehead atoms. The van der Waals surface area contributed by atoms with Gasteiger partial charge in [-0.2, -0.15) is 0 Å². The quantitative estimate of drug-likeness (QED) is 0.405. The predicted molar refractivity (Wildman–Crippen MR) is 100 cm³/mol. The maximum atomic E-state index is 11.1. The first-order valence-electron chi connectivity index (χ1n) is 7.93. The molecule has 0 radical (unpaired) electrons. The minimum absolute atomic E-state index is 0.184. The van der Waals surface area contributed by atoms with Crippen molar-refractivity contribution in [2.45, 2.75) is 13.5 Å². The number of aromatic nitrogens is 1. The van der Waals surface area contributed by atoms with Crippen LogP contribution in [0, 0.1) is 12.3 Å². The van der Waals surface area contributed by atoms with E-state index in [0.29, 0.717) is 12.2 Å². The number of pyridine rings is 1. The number of benzene rings is 1. The smallest absolute Gasteiger partial charge is 0.323 e. The molecule has 2 aromatic rings. The Bertz CT molecular complexity index is 822. The third-order valence-electron chi connectivity index (χ3n) is 3.92. The Morgan fingerprint density at radius 1 is 1.38 bits per heavy atom. The van der Waals surface area contributed by atoms with Crippen molar-refractivity contribution in [2.24, 2.45) is 0 Å². The Morgan fingerprint density at radius 2 is 2.15 bits per heavy atom. The highest BCUT2D eigenvalue weighted by Gasteiger charge is 2.12. The first kappa shape index (κ1) is 18.9. The molecule has 0 spiro atoms. The summed E-state index contributed by atoms with van der Waals surface area (Å²) in [4.78, 5) is 27.4. The van der Waals surface area contributed by atoms with E-state index in [1.54, 1.807) is 19.3 Å². The summed E-state index contributed by atoms with van der Waals surface area (Å²) < 4.78 is 0. The fraction of sp³-hybridized carbons (Fsp3) is 0.222. The molecule has 4 N–H and O–H groups in total. The van der Waals surface area contributed by atoms with E-state index in [4.69, 9.17) is 10.5 Å². The molecular weight excluding hydrogens is 334 g/mol. The number of aliphatic carboxylic acids is 1. The fourth-order valence-electron chi connectivity index (χ4n) is 2.52. The summed E-state index contributed by atoms with van der Waals surface area (Å²) in [6.07, 6.45) is 3.39. The van der Waals surface area contributed by atoms with Gasteiger partial charge in [-0.15, -0.1) is 0 Å². The molecule has 8 heteroatoms. The SMILES string of the molecule is CNc1ccc(Nc2nccc(CN(C=O)CC(=O)O)c2C)cc1C=N. The largest absolute Gasteiger partial charge is 0.480 e. The molecule has 0 atom stereocenters. The molecule has 1 aromatic heterocycles. The number of carboxylic acid groups (broad SMARTS) is 1. The summed E-state index contributed by atoms with van der Waals surface area (Å²) in [5.41, 5.74) is 3.97. The molecule has 0 aliphatic rings. The zero-order valence-corrected chi connectivity index (χ0v) is 14.6. The van der Waals surface area contributed by atoms with Crippen LogP contribution in [-0.4, -0.2) is 47.2 Å². The van der Waals surface area contributed by atoms with Crippen LogP contribution < -0.4 is 10.6 Å². The summed E-state index contributed by atoms with van der Waals surface area (Å²) in [5.74, 6) is -0.456. The zero-order valence-electron chi connectivity index (χ0n) is 14.6. The van der Waals surface area contributed by atoms with Crippen LogP contribution in [0.5, 0.6) is 0 Å². The number of anilines is 3. The highest BCUT2D eigenvalue weighted by atomic mass is 16.4. The van der Waals surface area contributed by atoms with Crippen molar-refractivity contribution in [3.05, 3.63) is 47.2 Å². The van der Waals surface area contributed by atoms with Crippen LogP contribution in [0.4, 0.5) is 17.2 Å². The number of nitrogens with one attached hydrogen (secondary N) is 3. The van der Waals surface area contributed by atoms with Gasteiger partial charge in [-0.25, -0.2) is 4.98 Å². The van der Waals surface area contributed by atoms with Gasteiger partial charge >= 0.3 is 5.97 Å². The number of carbonyl (C=O) groups excluding carboxylic acids is 1. The first-order chi connectivity index (χ1) is 12.5. The van der Waals surface area contributed by atoms with Crippen molar-refractivity contribution in [1.29, 1.82) is 5.41 Å². The second kappa shape index (κ2) is 8.61. The average molecular weight is 355 g/mol. The third-order valence-corrected chi connectivity index (χ3v) is 3.92. The van der Waals surface area contributed by atoms with E-state index < -0.39 is 5.97 Å². The van der Waals surface area contributed by atoms with Gasteiger partial charge in [0.2, 0.25) is 6.41 Å². The Balaban J connectivity index is 2.25. The number of carboxylic acids is 1. The van der Waals surface area contributed by atoms with Crippen molar-refractivity contribution in [2.75, 3.05) is 24.2 Å². The van der Waals surface area contributed by atoms with E-state index in [2.05, 4.69) is 15.6 Å². The maximum absolute atomic E-state index is 11.1. The van der Waals surface area contributed by atoms with E-state index in [1.165, 1.54) is 11.1 Å². The van der Waals surface area contributed by atoms with Crippen molar-refractivity contribution in [3.63, 3.8) is 0 Å². The van der Waals surface area contributed by atoms with Gasteiger partial charge in [0, 0.05) is 42.9 Å². The highest BCUT2D eigenvalue weighted by molar-refractivity contribution is 5.88. The van der Waals surface area contributed by atoms with Crippen LogP contribution in [0.15, 0.2) is 30.5 Å². The lowest BCUT2D eigenvalue weighted by Crippen LogP contribution is -2.28. The third kappa shape index (κ3) is 4.56. The van der Waals surface area contributed by atoms with Gasteiger partial charge in [0.1, 0.15) is 12.4 Å². The minimum Gasteiger partial charge on any atom is -0.480 e. The maximum Gasteiger partial charge on any atom is 0.323 e. The number of hydrogen-bond donors (Lipinski definition) is 4. The number of carbonyl (C=O) groups is 2. The zero-order chi connectivity index (χ0) is 19.1. The van der Waals surface area contributed by atoms with Crippen LogP contribution in [0.2, 0.25) is 0 Å². The lowest BCUT2D eigenvalue weighted by atomic mass is 10.1. The summed E-state index contributed by atoms with van der Waals surface area (Å²) in [5, 5.41) is 22.6. The predicted octanol–water partition coefficient (Wildman–Crippen LogP) is 2.22. The standard InChI is InChI=1S/C18H21N5O3/c1-12-13(9-23(11-24)10-17(25)26)5-6-21-18(12)22-15-3-4-16(20-2)14(7-15)8-19/h3-8,11,19-20H,9-10H2,1-2H3,(H,21,22)(H,25,26). The first-order valence-corrected chi connectivity index (χ1v) is 7.93. The molecule has 1 amide bonds. The normalized spacial score (nSPS) is 10.1. The Hall–Kier alpha value is -3.42. The number of amides is 1. The minimum atomic E-state index is -1.06. The number of hydrogen-bond acceptors (Lipinski definition) is 6. The van der Waals surface area contributed by atoms with Crippen LogP contribution in [0.3, 0.4) is 0 Å². The molecule has 2 rings (SSSR count). The van der Waals surface area contributed by atoms with Crippen molar-refractivity contribution < 1.29 is 14.7 Å². The highest BCUT2D eigenvalue weighted by Crippen LogP contribution is 2.24. The molecule has 0 aliphatic heterocycles. The molecule has 0 fully saturated rings. The van der Waals surface area contributed by atoms with Crippen molar-refractivity contribution in [3.8, 4) is 0 Å². The molecular formula is C18H21N5O3. The second-order valence-corrected chi connectivity index (χ2v) is 5.67. The average Bonchev–Trinajstić information content (AvgIpc) is 2.63. The number of rotatable bonds is 9. The van der Waals surface area contributed by atoms with Gasteiger partial charge in [-0.3, -0.25) is 9.59 Å². The van der Waals surface area contributed by atoms with Gasteiger partial charge in [-0.1, -0.05) is 0 Å². The summed E-state index contributed by atoms with van der Waals surface area (Å²) in [6, 6.07) is 7.32. The molecule has 0 saturated carbocycles. The molecule has 136 valence electrons. The topological polar surface area (TPSA) is 118 Å². The Labute approximate surface area is 151 Å². The Kier molecular flexibility index (Phi) is 6.26. The van der Waals surface area contributed by atoms with E-state index in [1.807, 2.05) is 25.1 Å². The number of nitrogens with zero attached hydrogens (tertiary/aromatic N) is 2. The molecule has 0 saturated heterocycles. The Morgan fingerprint density at radius 3 is 2.77 bits per heavy atom. The second-order valence-electron chi connectivity index (χ2n) is 5.67. The molecule has 1 aromatic carbocycles. The van der Waals surface area contributed by atoms with E-state index in [-0.39, 0.29) is 13.1 Å². The van der Waals surface area contributed by atoms with Gasteiger partial charge in [0.25, 0.3) is 0 Å². The van der Waals surface area contributed by atoms with Crippen LogP contribution in [-0.2, 0) is 16.1 Å². The van der Waals surface area contributed by atoms with E-state index in [0.717, 1.165) is 28.1 Å². The summed E-state index contributed by atoms with van der Waals surface area (Å²) >= 11 is 0. The van der Waals surface area contributed by atoms with Gasteiger partial charge in [0.15, 0.2) is 0 Å². The lowest BCUT2D eigenvalue weighted by molar-refractivity contribution is -0.141. The molecule has 0 aliphatic carbocycles. The monoisotopic (exact) mass is 355 g/mol. The van der Waals surface area contributed by atoms with E-state index in [9.17, 15) is 9.59 Å². The van der Waals surface area contributed by atoms with E-state index >= 15 is 0 Å².